The van der Waals surface area contributed by atoms with Crippen molar-refractivity contribution in [3.63, 3.8) is 0 Å². The van der Waals surface area contributed by atoms with Crippen LogP contribution in [0.1, 0.15) is 22.5 Å². The molecule has 2 aromatic heterocycles. The van der Waals surface area contributed by atoms with Crippen LogP contribution in [-0.4, -0.2) is 53.2 Å². The zero-order valence-electron chi connectivity index (χ0n) is 15.5. The van der Waals surface area contributed by atoms with Crippen LogP contribution in [0.5, 0.6) is 0 Å². The third-order valence-electron chi connectivity index (χ3n) is 4.98. The van der Waals surface area contributed by atoms with Crippen LogP contribution in [0, 0.1) is 0 Å². The third-order valence-corrected chi connectivity index (χ3v) is 7.77. The number of hydrogen-bond donors (Lipinski definition) is 0. The molecule has 1 atom stereocenters. The van der Waals surface area contributed by atoms with Gasteiger partial charge >= 0.3 is 0 Å². The Kier molecular flexibility index (Phi) is 5.16. The lowest BCUT2D eigenvalue weighted by Crippen LogP contribution is -2.37. The summed E-state index contributed by atoms with van der Waals surface area (Å²) in [6.45, 7) is 0. The van der Waals surface area contributed by atoms with Crippen molar-refractivity contribution in [2.45, 2.75) is 23.1 Å². The zero-order valence-corrected chi connectivity index (χ0v) is 17.1. The standard InChI is InChI=1S/C20H21N3O3S2/c1-22(17-9-11-28(25,26)14-17)20(24)15-5-7-18(8-6-15)27-13-16-12-23-10-3-2-4-19(23)21-16/h2-8,10,12,17H,9,11,13-14H2,1H3/t17-/m1/s1. The van der Waals surface area contributed by atoms with Gasteiger partial charge in [-0.25, -0.2) is 13.4 Å². The van der Waals surface area contributed by atoms with Gasteiger partial charge < -0.3 is 9.30 Å². The van der Waals surface area contributed by atoms with Crippen LogP contribution in [0.4, 0.5) is 0 Å². The van der Waals surface area contributed by atoms with Crippen molar-refractivity contribution < 1.29 is 13.2 Å². The van der Waals surface area contributed by atoms with E-state index in [2.05, 4.69) is 4.98 Å². The Bertz CT molecular complexity index is 1070. The molecule has 1 aliphatic rings. The van der Waals surface area contributed by atoms with Crippen molar-refractivity contribution in [2.24, 2.45) is 0 Å². The molecule has 0 aliphatic carbocycles. The Labute approximate surface area is 168 Å². The molecule has 1 saturated heterocycles. The smallest absolute Gasteiger partial charge is 0.253 e. The van der Waals surface area contributed by atoms with Crippen molar-refractivity contribution in [1.82, 2.24) is 14.3 Å². The van der Waals surface area contributed by atoms with Crippen molar-refractivity contribution in [3.05, 3.63) is 66.1 Å². The molecule has 146 valence electrons. The second-order valence-corrected chi connectivity index (χ2v) is 10.3. The van der Waals surface area contributed by atoms with Gasteiger partial charge in [-0.3, -0.25) is 4.79 Å². The number of hydrogen-bond acceptors (Lipinski definition) is 5. The second-order valence-electron chi connectivity index (χ2n) is 6.98. The highest BCUT2D eigenvalue weighted by molar-refractivity contribution is 7.98. The van der Waals surface area contributed by atoms with E-state index in [0.717, 1.165) is 22.0 Å². The fourth-order valence-corrected chi connectivity index (χ4v) is 5.91. The highest BCUT2D eigenvalue weighted by atomic mass is 32.2. The Balaban J connectivity index is 1.38. The molecule has 6 nitrogen and oxygen atoms in total. The third kappa shape index (κ3) is 4.07. The number of thioether (sulfide) groups is 1. The molecular weight excluding hydrogens is 394 g/mol. The molecule has 0 spiro atoms. The van der Waals surface area contributed by atoms with E-state index >= 15 is 0 Å². The molecule has 0 unspecified atom stereocenters. The highest BCUT2D eigenvalue weighted by Crippen LogP contribution is 2.24. The topological polar surface area (TPSA) is 71.8 Å². The Morgan fingerprint density at radius 2 is 2.04 bits per heavy atom. The predicted octanol–water partition coefficient (Wildman–Crippen LogP) is 2.89. The highest BCUT2D eigenvalue weighted by Gasteiger charge is 2.32. The first-order valence-corrected chi connectivity index (χ1v) is 11.8. The van der Waals surface area contributed by atoms with Gasteiger partial charge in [0, 0.05) is 41.7 Å². The summed E-state index contributed by atoms with van der Waals surface area (Å²) in [6, 6.07) is 13.1. The lowest BCUT2D eigenvalue weighted by Gasteiger charge is -2.23. The molecule has 0 saturated carbocycles. The second kappa shape index (κ2) is 7.60. The van der Waals surface area contributed by atoms with Gasteiger partial charge in [0.25, 0.3) is 5.91 Å². The number of sulfone groups is 1. The summed E-state index contributed by atoms with van der Waals surface area (Å²) < 4.78 is 25.3. The van der Waals surface area contributed by atoms with Crippen LogP contribution in [0.25, 0.3) is 5.65 Å². The normalized spacial score (nSPS) is 18.4. The SMILES string of the molecule is CN(C(=O)c1ccc(SCc2cn3ccccc3n2)cc1)[C@@H]1CCS(=O)(=O)C1. The van der Waals surface area contributed by atoms with Crippen LogP contribution in [0.3, 0.4) is 0 Å². The number of aromatic nitrogens is 2. The largest absolute Gasteiger partial charge is 0.338 e. The van der Waals surface area contributed by atoms with E-state index in [0.29, 0.717) is 12.0 Å². The minimum absolute atomic E-state index is 0.0577. The summed E-state index contributed by atoms with van der Waals surface area (Å²) in [7, 11) is -1.33. The first kappa shape index (κ1) is 19.0. The number of carbonyl (C=O) groups is 1. The van der Waals surface area contributed by atoms with E-state index in [1.165, 1.54) is 0 Å². The number of fused-ring (bicyclic) bond motifs is 1. The van der Waals surface area contributed by atoms with Gasteiger partial charge in [-0.2, -0.15) is 0 Å². The van der Waals surface area contributed by atoms with Crippen LogP contribution in [0.15, 0.2) is 59.8 Å². The van der Waals surface area contributed by atoms with Gasteiger partial charge in [0.2, 0.25) is 0 Å². The van der Waals surface area contributed by atoms with Gasteiger partial charge in [-0.05, 0) is 42.8 Å². The predicted molar refractivity (Wildman–Crippen MR) is 110 cm³/mol. The fourth-order valence-electron chi connectivity index (χ4n) is 3.36. The van der Waals surface area contributed by atoms with Crippen LogP contribution in [0.2, 0.25) is 0 Å². The summed E-state index contributed by atoms with van der Waals surface area (Å²) in [4.78, 5) is 19.8. The number of carbonyl (C=O) groups excluding carboxylic acids is 1. The average molecular weight is 416 g/mol. The molecule has 4 rings (SSSR count). The van der Waals surface area contributed by atoms with Crippen molar-refractivity contribution >= 4 is 33.2 Å². The molecule has 28 heavy (non-hydrogen) atoms. The number of imidazole rings is 1. The number of amides is 1. The molecule has 1 aromatic carbocycles. The van der Waals surface area contributed by atoms with E-state index in [1.807, 2.05) is 47.1 Å². The molecule has 0 N–H and O–H groups in total. The average Bonchev–Trinajstić information content (AvgIpc) is 3.28. The molecular formula is C20H21N3O3S2. The molecule has 3 aromatic rings. The number of nitrogens with zero attached hydrogens (tertiary/aromatic N) is 3. The first-order chi connectivity index (χ1) is 13.4. The number of benzene rings is 1. The maximum Gasteiger partial charge on any atom is 0.253 e. The summed E-state index contributed by atoms with van der Waals surface area (Å²) in [5, 5.41) is 0. The van der Waals surface area contributed by atoms with Gasteiger partial charge in [-0.15, -0.1) is 11.8 Å². The van der Waals surface area contributed by atoms with Gasteiger partial charge in [-0.1, -0.05) is 6.07 Å². The van der Waals surface area contributed by atoms with E-state index in [1.54, 1.807) is 35.8 Å². The Morgan fingerprint density at radius 3 is 2.71 bits per heavy atom. The zero-order chi connectivity index (χ0) is 19.7. The van der Waals surface area contributed by atoms with Gasteiger partial charge in [0.05, 0.1) is 17.2 Å². The molecule has 8 heteroatoms. The van der Waals surface area contributed by atoms with Crippen molar-refractivity contribution in [1.29, 1.82) is 0 Å². The summed E-state index contributed by atoms with van der Waals surface area (Å²) in [5.41, 5.74) is 2.50. The quantitative estimate of drug-likeness (QED) is 0.599. The van der Waals surface area contributed by atoms with Crippen LogP contribution in [-0.2, 0) is 15.6 Å². The molecule has 0 radical (unpaired) electrons. The van der Waals surface area contributed by atoms with Gasteiger partial charge in [0.15, 0.2) is 9.84 Å². The molecule has 0 bridgehead atoms. The summed E-state index contributed by atoms with van der Waals surface area (Å²) in [6.07, 6.45) is 4.51. The van der Waals surface area contributed by atoms with Crippen LogP contribution >= 0.6 is 11.8 Å². The maximum atomic E-state index is 12.6. The Morgan fingerprint density at radius 1 is 1.25 bits per heavy atom. The van der Waals surface area contributed by atoms with Gasteiger partial charge in [0.1, 0.15) is 5.65 Å². The molecule has 3 heterocycles. The van der Waals surface area contributed by atoms with Crippen molar-refractivity contribution in [3.8, 4) is 0 Å². The monoisotopic (exact) mass is 415 g/mol. The lowest BCUT2D eigenvalue weighted by molar-refractivity contribution is 0.0747. The van der Waals surface area contributed by atoms with E-state index in [9.17, 15) is 13.2 Å². The van der Waals surface area contributed by atoms with E-state index in [4.69, 9.17) is 0 Å². The fraction of sp³-hybridized carbons (Fsp3) is 0.300. The van der Waals surface area contributed by atoms with Crippen molar-refractivity contribution in [2.75, 3.05) is 18.6 Å². The van der Waals surface area contributed by atoms with Crippen LogP contribution < -0.4 is 0 Å². The Hall–Kier alpha value is -2.32. The first-order valence-electron chi connectivity index (χ1n) is 9.04. The summed E-state index contributed by atoms with van der Waals surface area (Å²) >= 11 is 1.66. The minimum atomic E-state index is -3.01. The number of pyridine rings is 1. The maximum absolute atomic E-state index is 12.6. The molecule has 1 aliphatic heterocycles. The molecule has 1 amide bonds. The van der Waals surface area contributed by atoms with E-state index in [-0.39, 0.29) is 23.5 Å². The molecule has 1 fully saturated rings. The minimum Gasteiger partial charge on any atom is -0.338 e. The number of rotatable bonds is 5. The lowest BCUT2D eigenvalue weighted by atomic mass is 10.1. The van der Waals surface area contributed by atoms with E-state index < -0.39 is 9.84 Å². The summed E-state index contributed by atoms with van der Waals surface area (Å²) in [5.74, 6) is 0.823.